The highest BCUT2D eigenvalue weighted by atomic mass is 16.6. The molecule has 2 N–H and O–H groups in total. The smallest absolute Gasteiger partial charge is 0.228 e. The lowest BCUT2D eigenvalue weighted by Crippen LogP contribution is -2.48. The first-order valence-corrected chi connectivity index (χ1v) is 7.70. The van der Waals surface area contributed by atoms with Gasteiger partial charge in [0.05, 0.1) is 24.7 Å². The van der Waals surface area contributed by atoms with Crippen molar-refractivity contribution in [1.29, 1.82) is 0 Å². The van der Waals surface area contributed by atoms with Gasteiger partial charge < -0.3 is 15.1 Å². The van der Waals surface area contributed by atoms with E-state index in [2.05, 4.69) is 19.8 Å². The molecule has 0 saturated carbocycles. The molecular formula is C14H22N4O4. The SMILES string of the molecule is Cc1nonc1CC(=O)N1C[C@H](O)[C@@H](N2CCC(O)CC2)C1. The summed E-state index contributed by atoms with van der Waals surface area (Å²) in [5, 5.41) is 27.2. The number of carbonyl (C=O) groups excluding carboxylic acids is 1. The third-order valence-electron chi connectivity index (χ3n) is 4.64. The van der Waals surface area contributed by atoms with Crippen molar-refractivity contribution in [2.75, 3.05) is 26.2 Å². The van der Waals surface area contributed by atoms with E-state index in [9.17, 15) is 15.0 Å². The summed E-state index contributed by atoms with van der Waals surface area (Å²) in [5.74, 6) is -0.0719. The maximum absolute atomic E-state index is 12.3. The molecule has 0 unspecified atom stereocenters. The van der Waals surface area contributed by atoms with Crippen LogP contribution in [0.5, 0.6) is 0 Å². The Morgan fingerprint density at radius 1 is 1.27 bits per heavy atom. The van der Waals surface area contributed by atoms with Gasteiger partial charge >= 0.3 is 0 Å². The second kappa shape index (κ2) is 6.31. The average molecular weight is 310 g/mol. The van der Waals surface area contributed by atoms with Gasteiger partial charge in [-0.25, -0.2) is 4.63 Å². The molecule has 2 fully saturated rings. The fourth-order valence-corrected chi connectivity index (χ4v) is 3.21. The van der Waals surface area contributed by atoms with Crippen LogP contribution in [0.4, 0.5) is 0 Å². The number of likely N-dealkylation sites (tertiary alicyclic amines) is 2. The van der Waals surface area contributed by atoms with E-state index in [1.807, 2.05) is 0 Å². The number of aryl methyl sites for hydroxylation is 1. The normalized spacial score (nSPS) is 27.5. The molecule has 2 atom stereocenters. The molecule has 0 bridgehead atoms. The summed E-state index contributed by atoms with van der Waals surface area (Å²) < 4.78 is 4.60. The Morgan fingerprint density at radius 2 is 2.00 bits per heavy atom. The molecule has 0 spiro atoms. The molecule has 8 nitrogen and oxygen atoms in total. The third kappa shape index (κ3) is 3.13. The van der Waals surface area contributed by atoms with Crippen LogP contribution in [0.25, 0.3) is 0 Å². The first-order valence-electron chi connectivity index (χ1n) is 7.70. The van der Waals surface area contributed by atoms with Gasteiger partial charge in [-0.3, -0.25) is 9.69 Å². The van der Waals surface area contributed by atoms with E-state index >= 15 is 0 Å². The van der Waals surface area contributed by atoms with Crippen molar-refractivity contribution in [3.63, 3.8) is 0 Å². The second-order valence-electron chi connectivity index (χ2n) is 6.17. The van der Waals surface area contributed by atoms with Crippen molar-refractivity contribution in [3.8, 4) is 0 Å². The first kappa shape index (κ1) is 15.4. The maximum Gasteiger partial charge on any atom is 0.228 e. The predicted molar refractivity (Wildman–Crippen MR) is 75.9 cm³/mol. The van der Waals surface area contributed by atoms with Gasteiger partial charge in [0.2, 0.25) is 5.91 Å². The van der Waals surface area contributed by atoms with Crippen LogP contribution in [-0.2, 0) is 11.2 Å². The number of hydrogen-bond donors (Lipinski definition) is 2. The van der Waals surface area contributed by atoms with Crippen molar-refractivity contribution in [1.82, 2.24) is 20.1 Å². The highest BCUT2D eigenvalue weighted by molar-refractivity contribution is 5.79. The zero-order valence-electron chi connectivity index (χ0n) is 12.7. The summed E-state index contributed by atoms with van der Waals surface area (Å²) in [4.78, 5) is 16.2. The fourth-order valence-electron chi connectivity index (χ4n) is 3.21. The number of aliphatic hydroxyl groups is 2. The van der Waals surface area contributed by atoms with Crippen molar-refractivity contribution >= 4 is 5.91 Å². The Morgan fingerprint density at radius 3 is 2.64 bits per heavy atom. The molecule has 1 amide bonds. The van der Waals surface area contributed by atoms with Crippen LogP contribution in [-0.4, -0.2) is 80.7 Å². The molecule has 22 heavy (non-hydrogen) atoms. The van der Waals surface area contributed by atoms with E-state index in [4.69, 9.17) is 0 Å². The van der Waals surface area contributed by atoms with Crippen LogP contribution < -0.4 is 0 Å². The lowest BCUT2D eigenvalue weighted by Gasteiger charge is -2.35. The molecule has 8 heteroatoms. The minimum absolute atomic E-state index is 0.0482. The molecule has 0 radical (unpaired) electrons. The molecule has 3 rings (SSSR count). The summed E-state index contributed by atoms with van der Waals surface area (Å²) in [6.45, 7) is 4.13. The van der Waals surface area contributed by atoms with Gasteiger partial charge in [-0.05, 0) is 19.8 Å². The summed E-state index contributed by atoms with van der Waals surface area (Å²) in [7, 11) is 0. The molecule has 0 aromatic carbocycles. The van der Waals surface area contributed by atoms with Gasteiger partial charge in [0.1, 0.15) is 11.4 Å². The van der Waals surface area contributed by atoms with Gasteiger partial charge in [0.15, 0.2) is 0 Å². The van der Waals surface area contributed by atoms with E-state index in [1.54, 1.807) is 11.8 Å². The molecule has 2 aliphatic heterocycles. The summed E-state index contributed by atoms with van der Waals surface area (Å²) in [6, 6.07) is -0.0482. The lowest BCUT2D eigenvalue weighted by atomic mass is 10.0. The van der Waals surface area contributed by atoms with E-state index in [0.29, 0.717) is 24.5 Å². The van der Waals surface area contributed by atoms with E-state index in [1.165, 1.54) is 0 Å². The van der Waals surface area contributed by atoms with Crippen LogP contribution in [0.1, 0.15) is 24.2 Å². The fraction of sp³-hybridized carbons (Fsp3) is 0.786. The molecule has 2 aliphatic rings. The predicted octanol–water partition coefficient (Wildman–Crippen LogP) is -1.05. The first-order chi connectivity index (χ1) is 10.5. The molecular weight excluding hydrogens is 288 g/mol. The number of piperidine rings is 1. The van der Waals surface area contributed by atoms with E-state index < -0.39 is 6.10 Å². The van der Waals surface area contributed by atoms with Crippen molar-refractivity contribution in [3.05, 3.63) is 11.4 Å². The Balaban J connectivity index is 1.58. The van der Waals surface area contributed by atoms with Crippen LogP contribution in [0.2, 0.25) is 0 Å². The minimum atomic E-state index is -0.546. The molecule has 1 aromatic heterocycles. The number of β-amino-alcohol motifs (C(OH)–C–C–N with tert-alkyl or cyclic N) is 1. The average Bonchev–Trinajstić information content (AvgIpc) is 3.07. The Bertz CT molecular complexity index is 527. The molecule has 3 heterocycles. The lowest BCUT2D eigenvalue weighted by molar-refractivity contribution is -0.130. The zero-order chi connectivity index (χ0) is 15.7. The number of carbonyl (C=O) groups is 1. The summed E-state index contributed by atoms with van der Waals surface area (Å²) in [6.07, 6.45) is 0.806. The Kier molecular flexibility index (Phi) is 4.42. The van der Waals surface area contributed by atoms with Crippen molar-refractivity contribution in [2.24, 2.45) is 0 Å². The number of amides is 1. The summed E-state index contributed by atoms with van der Waals surface area (Å²) >= 11 is 0. The highest BCUT2D eigenvalue weighted by Gasteiger charge is 2.38. The third-order valence-corrected chi connectivity index (χ3v) is 4.64. The van der Waals surface area contributed by atoms with Crippen LogP contribution in [0.15, 0.2) is 4.63 Å². The van der Waals surface area contributed by atoms with Gasteiger partial charge in [0.25, 0.3) is 0 Å². The quantitative estimate of drug-likeness (QED) is 0.734. The van der Waals surface area contributed by atoms with E-state index in [-0.39, 0.29) is 24.5 Å². The van der Waals surface area contributed by atoms with Crippen molar-refractivity contribution in [2.45, 2.75) is 44.4 Å². The van der Waals surface area contributed by atoms with Gasteiger partial charge in [-0.2, -0.15) is 0 Å². The number of hydrogen-bond acceptors (Lipinski definition) is 7. The van der Waals surface area contributed by atoms with Gasteiger partial charge in [-0.1, -0.05) is 10.3 Å². The molecule has 1 aromatic rings. The van der Waals surface area contributed by atoms with Gasteiger partial charge in [-0.15, -0.1) is 0 Å². The Labute approximate surface area is 128 Å². The number of nitrogens with zero attached hydrogens (tertiary/aromatic N) is 4. The molecule has 122 valence electrons. The second-order valence-corrected chi connectivity index (χ2v) is 6.17. The molecule has 0 aliphatic carbocycles. The van der Waals surface area contributed by atoms with Crippen LogP contribution in [0.3, 0.4) is 0 Å². The number of rotatable bonds is 3. The van der Waals surface area contributed by atoms with Crippen LogP contribution >= 0.6 is 0 Å². The van der Waals surface area contributed by atoms with Crippen LogP contribution in [0, 0.1) is 6.92 Å². The minimum Gasteiger partial charge on any atom is -0.393 e. The summed E-state index contributed by atoms with van der Waals surface area (Å²) in [5.41, 5.74) is 1.17. The Hall–Kier alpha value is -1.51. The largest absolute Gasteiger partial charge is 0.393 e. The monoisotopic (exact) mass is 310 g/mol. The number of aromatic nitrogens is 2. The molecule has 2 saturated heterocycles. The van der Waals surface area contributed by atoms with Gasteiger partial charge in [0, 0.05) is 26.2 Å². The maximum atomic E-state index is 12.3. The number of aliphatic hydroxyl groups excluding tert-OH is 2. The zero-order valence-corrected chi connectivity index (χ0v) is 12.7. The highest BCUT2D eigenvalue weighted by Crippen LogP contribution is 2.21. The topological polar surface area (TPSA) is 103 Å². The van der Waals surface area contributed by atoms with E-state index in [0.717, 1.165) is 25.9 Å². The standard InChI is InChI=1S/C14H22N4O4/c1-9-11(16-22-15-9)6-14(21)18-7-12(13(20)8-18)17-4-2-10(19)3-5-17/h10,12-13,19-20H,2-8H2,1H3/t12-,13-/m0/s1. The van der Waals surface area contributed by atoms with Crippen molar-refractivity contribution < 1.29 is 19.6 Å².